The monoisotopic (exact) mass is 335 g/mol. The van der Waals surface area contributed by atoms with Gasteiger partial charge in [0.05, 0.1) is 23.5 Å². The van der Waals surface area contributed by atoms with Crippen molar-refractivity contribution in [2.45, 2.75) is 38.6 Å². The number of carbonyl (C=O) groups is 1. The Morgan fingerprint density at radius 1 is 1.22 bits per heavy atom. The lowest BCUT2D eigenvalue weighted by Gasteiger charge is -2.37. The third-order valence-electron chi connectivity index (χ3n) is 5.29. The average molecular weight is 335 g/mol. The van der Waals surface area contributed by atoms with E-state index in [0.717, 1.165) is 12.1 Å². The number of rotatable bonds is 5. The largest absolute Gasteiger partial charge is 0.335 e. The third-order valence-corrected chi connectivity index (χ3v) is 7.06. The SMILES string of the molecule is C[C@H](c1ccccc1)N(CC1CCC1)C(=O)[C@H]1CCS(=O)(=O)C1. The molecule has 3 rings (SSSR count). The van der Waals surface area contributed by atoms with Crippen molar-refractivity contribution in [3.05, 3.63) is 35.9 Å². The van der Waals surface area contributed by atoms with E-state index in [1.165, 1.54) is 19.3 Å². The molecular weight excluding hydrogens is 310 g/mol. The van der Waals surface area contributed by atoms with Gasteiger partial charge in [-0.25, -0.2) is 8.42 Å². The van der Waals surface area contributed by atoms with Crippen LogP contribution in [0, 0.1) is 11.8 Å². The number of hydrogen-bond acceptors (Lipinski definition) is 3. The molecule has 1 heterocycles. The molecule has 0 spiro atoms. The molecule has 1 aromatic carbocycles. The molecule has 0 unspecified atom stereocenters. The number of hydrogen-bond donors (Lipinski definition) is 0. The van der Waals surface area contributed by atoms with E-state index in [-0.39, 0.29) is 29.4 Å². The predicted octanol–water partition coefficient (Wildman–Crippen LogP) is 2.81. The zero-order chi connectivity index (χ0) is 16.4. The lowest BCUT2D eigenvalue weighted by Crippen LogP contribution is -2.42. The Hall–Kier alpha value is -1.36. The van der Waals surface area contributed by atoms with Crippen LogP contribution >= 0.6 is 0 Å². The van der Waals surface area contributed by atoms with Gasteiger partial charge in [-0.1, -0.05) is 36.8 Å². The zero-order valence-corrected chi connectivity index (χ0v) is 14.5. The summed E-state index contributed by atoms with van der Waals surface area (Å²) in [6, 6.07) is 10.0. The van der Waals surface area contributed by atoms with Crippen molar-refractivity contribution in [3.8, 4) is 0 Å². The second-order valence-corrected chi connectivity index (χ2v) is 9.20. The lowest BCUT2D eigenvalue weighted by atomic mass is 9.84. The van der Waals surface area contributed by atoms with Gasteiger partial charge in [0.1, 0.15) is 0 Å². The molecular formula is C18H25NO3S. The Bertz CT molecular complexity index is 652. The van der Waals surface area contributed by atoms with Crippen LogP contribution in [-0.4, -0.2) is 37.3 Å². The summed E-state index contributed by atoms with van der Waals surface area (Å²) in [5.74, 6) is 0.415. The van der Waals surface area contributed by atoms with Gasteiger partial charge < -0.3 is 4.90 Å². The van der Waals surface area contributed by atoms with E-state index in [4.69, 9.17) is 0 Å². The molecule has 1 saturated heterocycles. The summed E-state index contributed by atoms with van der Waals surface area (Å²) < 4.78 is 23.5. The molecule has 23 heavy (non-hydrogen) atoms. The zero-order valence-electron chi connectivity index (χ0n) is 13.6. The van der Waals surface area contributed by atoms with Crippen LogP contribution in [0.4, 0.5) is 0 Å². The molecule has 2 aliphatic rings. The van der Waals surface area contributed by atoms with E-state index in [0.29, 0.717) is 12.3 Å². The predicted molar refractivity (Wildman–Crippen MR) is 90.7 cm³/mol. The fourth-order valence-electron chi connectivity index (χ4n) is 3.53. The maximum Gasteiger partial charge on any atom is 0.227 e. The van der Waals surface area contributed by atoms with Crippen molar-refractivity contribution >= 4 is 15.7 Å². The summed E-state index contributed by atoms with van der Waals surface area (Å²) in [4.78, 5) is 14.9. The maximum absolute atomic E-state index is 13.0. The maximum atomic E-state index is 13.0. The van der Waals surface area contributed by atoms with Crippen LogP contribution in [0.1, 0.15) is 44.2 Å². The number of nitrogens with zero attached hydrogens (tertiary/aromatic N) is 1. The quantitative estimate of drug-likeness (QED) is 0.831. The highest BCUT2D eigenvalue weighted by atomic mass is 32.2. The van der Waals surface area contributed by atoms with Gasteiger partial charge in [-0.3, -0.25) is 4.79 Å². The molecule has 2 fully saturated rings. The Kier molecular flexibility index (Phi) is 4.76. The molecule has 0 bridgehead atoms. The van der Waals surface area contributed by atoms with E-state index >= 15 is 0 Å². The van der Waals surface area contributed by atoms with Crippen LogP contribution < -0.4 is 0 Å². The van der Waals surface area contributed by atoms with Gasteiger partial charge in [-0.05, 0) is 37.7 Å². The lowest BCUT2D eigenvalue weighted by molar-refractivity contribution is -0.138. The van der Waals surface area contributed by atoms with Crippen molar-refractivity contribution in [3.63, 3.8) is 0 Å². The molecule has 1 aliphatic heterocycles. The van der Waals surface area contributed by atoms with Crippen LogP contribution in [0.5, 0.6) is 0 Å². The molecule has 4 nitrogen and oxygen atoms in total. The van der Waals surface area contributed by atoms with Crippen LogP contribution in [0.25, 0.3) is 0 Å². The molecule has 1 saturated carbocycles. The Balaban J connectivity index is 1.78. The molecule has 0 radical (unpaired) electrons. The molecule has 5 heteroatoms. The van der Waals surface area contributed by atoms with Crippen molar-refractivity contribution in [2.75, 3.05) is 18.1 Å². The van der Waals surface area contributed by atoms with E-state index in [9.17, 15) is 13.2 Å². The van der Waals surface area contributed by atoms with Gasteiger partial charge in [0.25, 0.3) is 0 Å². The number of sulfone groups is 1. The van der Waals surface area contributed by atoms with Gasteiger partial charge in [0.15, 0.2) is 9.84 Å². The fourth-order valence-corrected chi connectivity index (χ4v) is 5.26. The minimum atomic E-state index is -3.03. The van der Waals surface area contributed by atoms with Crippen molar-refractivity contribution in [2.24, 2.45) is 11.8 Å². The van der Waals surface area contributed by atoms with E-state index in [2.05, 4.69) is 6.92 Å². The second kappa shape index (κ2) is 6.63. The smallest absolute Gasteiger partial charge is 0.227 e. The summed E-state index contributed by atoms with van der Waals surface area (Å²) >= 11 is 0. The standard InChI is InChI=1S/C18H25NO3S/c1-14(16-8-3-2-4-9-16)19(12-15-6-5-7-15)18(20)17-10-11-23(21,22)13-17/h2-4,8-9,14-15,17H,5-7,10-13H2,1H3/t14-,17+/m1/s1. The minimum Gasteiger partial charge on any atom is -0.335 e. The number of carbonyl (C=O) groups excluding carboxylic acids is 1. The molecule has 1 aromatic rings. The highest BCUT2D eigenvalue weighted by molar-refractivity contribution is 7.91. The van der Waals surface area contributed by atoms with Crippen molar-refractivity contribution < 1.29 is 13.2 Å². The summed E-state index contributed by atoms with van der Waals surface area (Å²) in [5, 5.41) is 0. The Morgan fingerprint density at radius 2 is 1.91 bits per heavy atom. The first kappa shape index (κ1) is 16.5. The van der Waals surface area contributed by atoms with Gasteiger partial charge in [0, 0.05) is 6.54 Å². The second-order valence-electron chi connectivity index (χ2n) is 6.97. The van der Waals surface area contributed by atoms with E-state index in [1.807, 2.05) is 35.2 Å². The summed E-state index contributed by atoms with van der Waals surface area (Å²) in [5.41, 5.74) is 1.11. The van der Waals surface area contributed by atoms with Crippen molar-refractivity contribution in [1.29, 1.82) is 0 Å². The summed E-state index contributed by atoms with van der Waals surface area (Å²) in [6.45, 7) is 2.81. The number of amides is 1. The average Bonchev–Trinajstić information content (AvgIpc) is 2.86. The first-order chi connectivity index (χ1) is 11.0. The Labute approximate surface area is 138 Å². The number of benzene rings is 1. The van der Waals surface area contributed by atoms with Gasteiger partial charge >= 0.3 is 0 Å². The Morgan fingerprint density at radius 3 is 2.43 bits per heavy atom. The van der Waals surface area contributed by atoms with Gasteiger partial charge in [-0.2, -0.15) is 0 Å². The highest BCUT2D eigenvalue weighted by Gasteiger charge is 2.38. The topological polar surface area (TPSA) is 54.5 Å². The van der Waals surface area contributed by atoms with Crippen LogP contribution in [0.15, 0.2) is 30.3 Å². The van der Waals surface area contributed by atoms with Crippen LogP contribution in [-0.2, 0) is 14.6 Å². The molecule has 2 atom stereocenters. The van der Waals surface area contributed by atoms with E-state index < -0.39 is 9.84 Å². The molecule has 1 amide bonds. The molecule has 126 valence electrons. The highest BCUT2D eigenvalue weighted by Crippen LogP contribution is 2.32. The van der Waals surface area contributed by atoms with Gasteiger partial charge in [-0.15, -0.1) is 0 Å². The van der Waals surface area contributed by atoms with Gasteiger partial charge in [0.2, 0.25) is 5.91 Å². The minimum absolute atomic E-state index is 0.00685. The normalized spacial score (nSPS) is 24.8. The summed E-state index contributed by atoms with van der Waals surface area (Å²) in [7, 11) is -3.03. The first-order valence-corrected chi connectivity index (χ1v) is 10.3. The van der Waals surface area contributed by atoms with Crippen LogP contribution in [0.3, 0.4) is 0 Å². The molecule has 0 aromatic heterocycles. The van der Waals surface area contributed by atoms with Crippen LogP contribution in [0.2, 0.25) is 0 Å². The molecule has 1 aliphatic carbocycles. The molecule has 0 N–H and O–H groups in total. The first-order valence-electron chi connectivity index (χ1n) is 8.52. The van der Waals surface area contributed by atoms with E-state index in [1.54, 1.807) is 0 Å². The summed E-state index contributed by atoms with van der Waals surface area (Å²) in [6.07, 6.45) is 4.07. The third kappa shape index (κ3) is 3.77. The fraction of sp³-hybridized carbons (Fsp3) is 0.611. The van der Waals surface area contributed by atoms with Crippen molar-refractivity contribution in [1.82, 2.24) is 4.90 Å².